The minimum absolute atomic E-state index is 0.0158. The highest BCUT2D eigenvalue weighted by atomic mass is 32.2. The van der Waals surface area contributed by atoms with Gasteiger partial charge in [-0.15, -0.1) is 5.10 Å². The number of nitrogen functional groups attached to an aromatic ring is 1. The average molecular weight is 260 g/mol. The fraction of sp³-hybridized carbons (Fsp3) is 0.111. The van der Waals surface area contributed by atoms with Crippen molar-refractivity contribution in [3.8, 4) is 0 Å². The van der Waals surface area contributed by atoms with Gasteiger partial charge in [0, 0.05) is 10.6 Å². The highest BCUT2D eigenvalue weighted by Crippen LogP contribution is 2.30. The lowest BCUT2D eigenvalue weighted by atomic mass is 10.3. The van der Waals surface area contributed by atoms with Gasteiger partial charge in [0.05, 0.1) is 0 Å². The summed E-state index contributed by atoms with van der Waals surface area (Å²) in [5.41, 5.74) is 6.07. The van der Waals surface area contributed by atoms with E-state index in [1.165, 1.54) is 0 Å². The molecule has 0 radical (unpaired) electrons. The second-order valence-corrected chi connectivity index (χ2v) is 4.18. The third-order valence-electron chi connectivity index (χ3n) is 1.82. The molecule has 0 saturated heterocycles. The SMILES string of the molecule is Nc1ccc(Sc2n[nH]c(C(F)(F)F)n2)cc1. The molecule has 17 heavy (non-hydrogen) atoms. The van der Waals surface area contributed by atoms with Crippen molar-refractivity contribution in [2.24, 2.45) is 0 Å². The number of aromatic nitrogens is 3. The molecule has 0 aliphatic heterocycles. The first-order valence-corrected chi connectivity index (χ1v) is 5.30. The van der Waals surface area contributed by atoms with Gasteiger partial charge in [0.15, 0.2) is 0 Å². The quantitative estimate of drug-likeness (QED) is 0.814. The zero-order chi connectivity index (χ0) is 12.5. The molecule has 0 aliphatic carbocycles. The number of nitrogens with two attached hydrogens (primary N) is 1. The van der Waals surface area contributed by atoms with E-state index in [4.69, 9.17) is 5.73 Å². The van der Waals surface area contributed by atoms with Crippen LogP contribution in [0.25, 0.3) is 0 Å². The largest absolute Gasteiger partial charge is 0.451 e. The first-order valence-electron chi connectivity index (χ1n) is 4.48. The van der Waals surface area contributed by atoms with Gasteiger partial charge in [-0.3, -0.25) is 5.10 Å². The predicted molar refractivity (Wildman–Crippen MR) is 56.4 cm³/mol. The molecule has 1 heterocycles. The first-order chi connectivity index (χ1) is 7.95. The number of hydrogen-bond acceptors (Lipinski definition) is 4. The summed E-state index contributed by atoms with van der Waals surface area (Å²) in [4.78, 5) is 4.05. The molecule has 0 fully saturated rings. The second kappa shape index (κ2) is 4.28. The number of H-pyrrole nitrogens is 1. The van der Waals surface area contributed by atoms with Gasteiger partial charge >= 0.3 is 6.18 Å². The number of rotatable bonds is 2. The van der Waals surface area contributed by atoms with E-state index in [1.54, 1.807) is 24.3 Å². The number of benzene rings is 1. The Hall–Kier alpha value is -1.70. The smallest absolute Gasteiger partial charge is 0.399 e. The van der Waals surface area contributed by atoms with Crippen LogP contribution in [-0.4, -0.2) is 15.2 Å². The van der Waals surface area contributed by atoms with E-state index in [0.29, 0.717) is 10.6 Å². The Bertz CT molecular complexity index is 506. The van der Waals surface area contributed by atoms with Crippen molar-refractivity contribution in [2.45, 2.75) is 16.2 Å². The minimum atomic E-state index is -4.51. The molecule has 3 N–H and O–H groups in total. The van der Waals surface area contributed by atoms with E-state index in [1.807, 2.05) is 5.10 Å². The second-order valence-electron chi connectivity index (χ2n) is 3.14. The predicted octanol–water partition coefficient (Wildman–Crippen LogP) is 2.56. The van der Waals surface area contributed by atoms with Crippen molar-refractivity contribution in [2.75, 3.05) is 5.73 Å². The van der Waals surface area contributed by atoms with Crippen molar-refractivity contribution < 1.29 is 13.2 Å². The van der Waals surface area contributed by atoms with Gasteiger partial charge in [-0.2, -0.15) is 18.2 Å². The summed E-state index contributed by atoms with van der Waals surface area (Å²) in [5.74, 6) is -1.10. The first kappa shape index (κ1) is 11.8. The summed E-state index contributed by atoms with van der Waals surface area (Å²) >= 11 is 1.02. The molecule has 0 amide bonds. The Balaban J connectivity index is 2.14. The van der Waals surface area contributed by atoms with Gasteiger partial charge in [-0.25, -0.2) is 0 Å². The van der Waals surface area contributed by atoms with Crippen molar-refractivity contribution in [1.82, 2.24) is 15.2 Å². The number of aromatic amines is 1. The number of hydrogen-bond donors (Lipinski definition) is 2. The van der Waals surface area contributed by atoms with Gasteiger partial charge in [0.1, 0.15) is 0 Å². The van der Waals surface area contributed by atoms with Crippen LogP contribution in [0.4, 0.5) is 18.9 Å². The summed E-state index contributed by atoms with van der Waals surface area (Å²) in [6.45, 7) is 0. The molecule has 1 aromatic heterocycles. The molecule has 4 nitrogen and oxygen atoms in total. The summed E-state index contributed by atoms with van der Waals surface area (Å²) in [7, 11) is 0. The van der Waals surface area contributed by atoms with E-state index in [2.05, 4.69) is 10.1 Å². The molecule has 2 aromatic rings. The van der Waals surface area contributed by atoms with Crippen LogP contribution in [0.15, 0.2) is 34.3 Å². The maximum atomic E-state index is 12.2. The van der Waals surface area contributed by atoms with Gasteiger partial charge in [-0.05, 0) is 36.0 Å². The lowest BCUT2D eigenvalue weighted by molar-refractivity contribution is -0.144. The molecule has 90 valence electrons. The zero-order valence-electron chi connectivity index (χ0n) is 8.32. The van der Waals surface area contributed by atoms with Crippen LogP contribution in [0.5, 0.6) is 0 Å². The molecule has 1 aromatic carbocycles. The zero-order valence-corrected chi connectivity index (χ0v) is 9.14. The third-order valence-corrected chi connectivity index (χ3v) is 2.70. The van der Waals surface area contributed by atoms with E-state index >= 15 is 0 Å². The van der Waals surface area contributed by atoms with Crippen LogP contribution in [0, 0.1) is 0 Å². The van der Waals surface area contributed by atoms with Crippen LogP contribution in [0.3, 0.4) is 0 Å². The van der Waals surface area contributed by atoms with E-state index in [0.717, 1.165) is 11.8 Å². The van der Waals surface area contributed by atoms with Gasteiger partial charge < -0.3 is 5.73 Å². The fourth-order valence-electron chi connectivity index (χ4n) is 1.06. The highest BCUT2D eigenvalue weighted by molar-refractivity contribution is 7.99. The van der Waals surface area contributed by atoms with Crippen molar-refractivity contribution in [3.05, 3.63) is 30.1 Å². The molecular weight excluding hydrogens is 253 g/mol. The van der Waals surface area contributed by atoms with Crippen LogP contribution >= 0.6 is 11.8 Å². The van der Waals surface area contributed by atoms with Crippen LogP contribution in [0.1, 0.15) is 5.82 Å². The Morgan fingerprint density at radius 1 is 1.18 bits per heavy atom. The maximum Gasteiger partial charge on any atom is 0.451 e. The summed E-state index contributed by atoms with van der Waals surface area (Å²) in [5, 5.41) is 5.34. The summed E-state index contributed by atoms with van der Waals surface area (Å²) in [6.07, 6.45) is -4.51. The van der Waals surface area contributed by atoms with Crippen molar-refractivity contribution in [3.63, 3.8) is 0 Å². The molecule has 0 aliphatic rings. The highest BCUT2D eigenvalue weighted by Gasteiger charge is 2.35. The lowest BCUT2D eigenvalue weighted by Gasteiger charge is -1.99. The topological polar surface area (TPSA) is 67.6 Å². The Labute approximate surface area is 98.4 Å². The molecule has 0 unspecified atom stereocenters. The summed E-state index contributed by atoms with van der Waals surface area (Å²) < 4.78 is 36.7. The van der Waals surface area contributed by atoms with Crippen molar-refractivity contribution >= 4 is 17.4 Å². The number of halogens is 3. The van der Waals surface area contributed by atoms with Crippen LogP contribution < -0.4 is 5.73 Å². The Morgan fingerprint density at radius 2 is 1.82 bits per heavy atom. The third kappa shape index (κ3) is 2.90. The number of anilines is 1. The standard InChI is InChI=1S/C9H7F3N4S/c10-9(11,12)7-14-8(16-15-7)17-6-3-1-5(13)2-4-6/h1-4H,13H2,(H,14,15,16). The fourth-order valence-corrected chi connectivity index (χ4v) is 1.77. The number of nitrogens with zero attached hydrogens (tertiary/aromatic N) is 2. The van der Waals surface area contributed by atoms with E-state index in [9.17, 15) is 13.2 Å². The molecule has 8 heteroatoms. The normalized spacial score (nSPS) is 11.7. The summed E-state index contributed by atoms with van der Waals surface area (Å²) in [6, 6.07) is 6.67. The monoisotopic (exact) mass is 260 g/mol. The molecule has 2 rings (SSSR count). The molecular formula is C9H7F3N4S. The average Bonchev–Trinajstić information content (AvgIpc) is 2.69. The molecule has 0 spiro atoms. The van der Waals surface area contributed by atoms with Crippen LogP contribution in [0.2, 0.25) is 0 Å². The number of nitrogens with one attached hydrogen (secondary N) is 1. The van der Waals surface area contributed by atoms with Crippen LogP contribution in [-0.2, 0) is 6.18 Å². The number of alkyl halides is 3. The van der Waals surface area contributed by atoms with Gasteiger partial charge in [-0.1, -0.05) is 0 Å². The van der Waals surface area contributed by atoms with Crippen molar-refractivity contribution in [1.29, 1.82) is 0 Å². The minimum Gasteiger partial charge on any atom is -0.399 e. The molecule has 0 saturated carbocycles. The van der Waals surface area contributed by atoms with E-state index in [-0.39, 0.29) is 5.16 Å². The Kier molecular flexibility index (Phi) is 2.97. The molecule has 0 bridgehead atoms. The van der Waals surface area contributed by atoms with Gasteiger partial charge in [0.2, 0.25) is 11.0 Å². The lowest BCUT2D eigenvalue weighted by Crippen LogP contribution is -2.07. The molecule has 0 atom stereocenters. The van der Waals surface area contributed by atoms with Gasteiger partial charge in [0.25, 0.3) is 0 Å². The van der Waals surface area contributed by atoms with E-state index < -0.39 is 12.0 Å². The Morgan fingerprint density at radius 3 is 2.35 bits per heavy atom. The maximum absolute atomic E-state index is 12.2.